The summed E-state index contributed by atoms with van der Waals surface area (Å²) in [7, 11) is 0. The van der Waals surface area contributed by atoms with Crippen LogP contribution in [-0.2, 0) is 0 Å². The van der Waals surface area contributed by atoms with Crippen molar-refractivity contribution in [3.63, 3.8) is 0 Å². The van der Waals surface area contributed by atoms with Crippen molar-refractivity contribution < 1.29 is 13.2 Å². The zero-order valence-electron chi connectivity index (χ0n) is 4.40. The van der Waals surface area contributed by atoms with E-state index in [9.17, 15) is 8.78 Å². The van der Waals surface area contributed by atoms with Crippen LogP contribution in [0.15, 0.2) is 22.8 Å². The molecule has 0 saturated carbocycles. The molecular weight excluding hydrogens is 126 g/mol. The molecule has 0 atom stereocenters. The molecule has 1 nitrogen and oxygen atoms in total. The van der Waals surface area contributed by atoms with E-state index >= 15 is 0 Å². The van der Waals surface area contributed by atoms with Gasteiger partial charge in [-0.1, -0.05) is 0 Å². The zero-order valence-corrected chi connectivity index (χ0v) is 4.40. The monoisotopic (exact) mass is 129 g/mol. The van der Waals surface area contributed by atoms with Gasteiger partial charge >= 0.3 is 0 Å². The second kappa shape index (κ2) is 2.44. The van der Waals surface area contributed by atoms with Gasteiger partial charge < -0.3 is 4.42 Å². The van der Waals surface area contributed by atoms with Crippen molar-refractivity contribution in [1.82, 2.24) is 0 Å². The van der Waals surface area contributed by atoms with E-state index in [1.54, 1.807) is 0 Å². The van der Waals surface area contributed by atoms with Gasteiger partial charge in [0.15, 0.2) is 6.26 Å². The Hall–Kier alpha value is -1.12. The molecule has 1 aromatic heterocycles. The molecule has 0 spiro atoms. The van der Waals surface area contributed by atoms with E-state index in [1.807, 2.05) is 0 Å². The van der Waals surface area contributed by atoms with Crippen LogP contribution in [0.3, 0.4) is 0 Å². The van der Waals surface area contributed by atoms with Crippen molar-refractivity contribution >= 4 is 6.08 Å². The fourth-order valence-corrected chi connectivity index (χ4v) is 0.439. The number of rotatable bonds is 1. The highest BCUT2D eigenvalue weighted by Gasteiger charge is 1.92. The van der Waals surface area contributed by atoms with Crippen LogP contribution in [0.2, 0.25) is 0 Å². The molecule has 0 aliphatic rings. The Balaban J connectivity index is 2.80. The maximum Gasteiger partial charge on any atom is 0.271 e. The third kappa shape index (κ3) is 1.68. The Morgan fingerprint density at radius 1 is 1.67 bits per heavy atom. The Morgan fingerprint density at radius 3 is 2.89 bits per heavy atom. The first kappa shape index (κ1) is 6.01. The van der Waals surface area contributed by atoms with E-state index in [0.717, 1.165) is 0 Å². The summed E-state index contributed by atoms with van der Waals surface area (Å²) in [6, 6.07) is 1.40. The minimum Gasteiger partial charge on any atom is -0.460 e. The first-order valence-electron chi connectivity index (χ1n) is 2.27. The summed E-state index contributed by atoms with van der Waals surface area (Å²) in [6.07, 6.45) is 2.46. The van der Waals surface area contributed by atoms with Gasteiger partial charge in [-0.3, -0.25) is 0 Å². The molecule has 0 aliphatic heterocycles. The molecule has 0 saturated heterocycles. The standard InChI is InChI=1S/C6H3F2O/c7-6(8)3-5-1-2-9-4-5/h1-3H. The maximum absolute atomic E-state index is 11.4. The molecule has 1 rings (SSSR count). The number of furan rings is 1. The Bertz CT molecular complexity index is 197. The predicted molar refractivity (Wildman–Crippen MR) is 27.7 cm³/mol. The summed E-state index contributed by atoms with van der Waals surface area (Å²) in [4.78, 5) is 0. The summed E-state index contributed by atoms with van der Waals surface area (Å²) in [5.74, 6) is 0. The zero-order chi connectivity index (χ0) is 6.69. The van der Waals surface area contributed by atoms with Gasteiger partial charge in [0.2, 0.25) is 0 Å². The van der Waals surface area contributed by atoms with Gasteiger partial charge in [-0.05, 0) is 6.07 Å². The maximum atomic E-state index is 11.4. The van der Waals surface area contributed by atoms with Crippen LogP contribution in [-0.4, -0.2) is 0 Å². The quantitative estimate of drug-likeness (QED) is 0.567. The van der Waals surface area contributed by atoms with Crippen LogP contribution in [0.5, 0.6) is 0 Å². The fraction of sp³-hybridized carbons (Fsp3) is 0. The van der Waals surface area contributed by atoms with Crippen LogP contribution < -0.4 is 0 Å². The molecule has 0 amide bonds. The average molecular weight is 129 g/mol. The van der Waals surface area contributed by atoms with Crippen molar-refractivity contribution in [3.8, 4) is 0 Å². The molecule has 47 valence electrons. The van der Waals surface area contributed by atoms with E-state index in [4.69, 9.17) is 0 Å². The molecule has 1 heterocycles. The third-order valence-electron chi connectivity index (χ3n) is 0.757. The summed E-state index contributed by atoms with van der Waals surface area (Å²) in [5, 5.41) is 0. The highest BCUT2D eigenvalue weighted by atomic mass is 19.3. The van der Waals surface area contributed by atoms with Crippen LogP contribution in [0.4, 0.5) is 8.78 Å². The molecule has 0 fully saturated rings. The second-order valence-electron chi connectivity index (χ2n) is 1.41. The second-order valence-corrected chi connectivity index (χ2v) is 1.41. The van der Waals surface area contributed by atoms with Crippen LogP contribution in [0.1, 0.15) is 5.56 Å². The fourth-order valence-electron chi connectivity index (χ4n) is 0.439. The average Bonchev–Trinajstić information content (AvgIpc) is 2.15. The molecule has 3 heteroatoms. The van der Waals surface area contributed by atoms with Crippen molar-refractivity contribution in [2.75, 3.05) is 0 Å². The van der Waals surface area contributed by atoms with Crippen molar-refractivity contribution in [2.45, 2.75) is 0 Å². The van der Waals surface area contributed by atoms with E-state index < -0.39 is 6.08 Å². The lowest BCUT2D eigenvalue weighted by molar-refractivity contribution is 0.429. The van der Waals surface area contributed by atoms with Gasteiger partial charge in [-0.25, -0.2) is 0 Å². The summed E-state index contributed by atoms with van der Waals surface area (Å²) in [5.41, 5.74) is 0.259. The Labute approximate surface area is 50.6 Å². The van der Waals surface area contributed by atoms with Gasteiger partial charge in [-0.15, -0.1) is 0 Å². The van der Waals surface area contributed by atoms with E-state index in [-0.39, 0.29) is 5.56 Å². The topological polar surface area (TPSA) is 13.1 Å². The number of halogens is 2. The SMILES string of the molecule is FC(F)=Cc1[c]occ1. The lowest BCUT2D eigenvalue weighted by Crippen LogP contribution is -1.60. The smallest absolute Gasteiger partial charge is 0.271 e. The molecule has 1 aromatic rings. The Morgan fingerprint density at radius 2 is 2.44 bits per heavy atom. The van der Waals surface area contributed by atoms with Gasteiger partial charge in [0.25, 0.3) is 6.08 Å². The molecule has 0 unspecified atom stereocenters. The van der Waals surface area contributed by atoms with Gasteiger partial charge in [-0.2, -0.15) is 8.78 Å². The van der Waals surface area contributed by atoms with E-state index in [0.29, 0.717) is 6.08 Å². The minimum atomic E-state index is -1.74. The van der Waals surface area contributed by atoms with Crippen molar-refractivity contribution in [3.05, 3.63) is 30.2 Å². The van der Waals surface area contributed by atoms with Crippen LogP contribution in [0, 0.1) is 6.26 Å². The summed E-state index contributed by atoms with van der Waals surface area (Å²) >= 11 is 0. The first-order valence-corrected chi connectivity index (χ1v) is 2.27. The predicted octanol–water partition coefficient (Wildman–Crippen LogP) is 2.32. The molecule has 0 bridgehead atoms. The molecular formula is C6H3F2O. The normalized spacial score (nSPS) is 9.11. The van der Waals surface area contributed by atoms with Crippen molar-refractivity contribution in [2.24, 2.45) is 0 Å². The van der Waals surface area contributed by atoms with Gasteiger partial charge in [0.05, 0.1) is 6.26 Å². The third-order valence-corrected chi connectivity index (χ3v) is 0.757. The molecule has 9 heavy (non-hydrogen) atoms. The lowest BCUT2D eigenvalue weighted by Gasteiger charge is -1.75. The first-order chi connectivity index (χ1) is 4.29. The number of hydrogen-bond acceptors (Lipinski definition) is 1. The highest BCUT2D eigenvalue weighted by Crippen LogP contribution is 2.07. The molecule has 0 aliphatic carbocycles. The van der Waals surface area contributed by atoms with Gasteiger partial charge in [0, 0.05) is 11.6 Å². The van der Waals surface area contributed by atoms with Gasteiger partial charge in [0.1, 0.15) is 0 Å². The van der Waals surface area contributed by atoms with Crippen LogP contribution in [0.25, 0.3) is 6.08 Å². The van der Waals surface area contributed by atoms with E-state index in [1.165, 1.54) is 12.3 Å². The minimum absolute atomic E-state index is 0.259. The van der Waals surface area contributed by atoms with E-state index in [2.05, 4.69) is 10.7 Å². The molecule has 0 N–H and O–H groups in total. The lowest BCUT2D eigenvalue weighted by atomic mass is 10.3. The Kier molecular flexibility index (Phi) is 1.63. The summed E-state index contributed by atoms with van der Waals surface area (Å²) in [6.45, 7) is 0. The van der Waals surface area contributed by atoms with Crippen molar-refractivity contribution in [1.29, 1.82) is 0 Å². The highest BCUT2D eigenvalue weighted by molar-refractivity contribution is 5.46. The largest absolute Gasteiger partial charge is 0.460 e. The summed E-state index contributed by atoms with van der Waals surface area (Å²) < 4.78 is 27.2. The molecule has 1 radical (unpaired) electrons. The number of hydrogen-bond donors (Lipinski definition) is 0. The molecule has 0 aromatic carbocycles. The van der Waals surface area contributed by atoms with Crippen LogP contribution >= 0.6 is 0 Å².